The first kappa shape index (κ1) is 13.5. The summed E-state index contributed by atoms with van der Waals surface area (Å²) in [5.41, 5.74) is 1.26. The number of ether oxygens (including phenoxy) is 2. The molecule has 2 rings (SSSR count). The predicted molar refractivity (Wildman–Crippen MR) is 69.3 cm³/mol. The van der Waals surface area contributed by atoms with E-state index in [1.54, 1.807) is 7.11 Å². The fraction of sp³-hybridized carbons (Fsp3) is 0.769. The summed E-state index contributed by atoms with van der Waals surface area (Å²) in [6.45, 7) is 5.56. The second-order valence-corrected chi connectivity index (χ2v) is 4.98. The highest BCUT2D eigenvalue weighted by molar-refractivity contribution is 5.03. The maximum Gasteiger partial charge on any atom is 0.0589 e. The Kier molecular flexibility index (Phi) is 5.16. The second-order valence-electron chi connectivity index (χ2n) is 4.98. The number of aromatic nitrogens is 2. The Labute approximate surface area is 109 Å². The van der Waals surface area contributed by atoms with Crippen LogP contribution >= 0.6 is 0 Å². The summed E-state index contributed by atoms with van der Waals surface area (Å²) in [5, 5.41) is 4.22. The highest BCUT2D eigenvalue weighted by Crippen LogP contribution is 2.15. The lowest BCUT2D eigenvalue weighted by Crippen LogP contribution is -2.32. The molecule has 0 bridgehead atoms. The zero-order valence-electron chi connectivity index (χ0n) is 11.3. The number of hydrogen-bond donors (Lipinski definition) is 0. The lowest BCUT2D eigenvalue weighted by molar-refractivity contribution is 0.124. The quantitative estimate of drug-likeness (QED) is 0.724. The van der Waals surface area contributed by atoms with Crippen molar-refractivity contribution in [1.82, 2.24) is 14.7 Å². The Morgan fingerprint density at radius 3 is 3.11 bits per heavy atom. The van der Waals surface area contributed by atoms with Crippen molar-refractivity contribution in [2.45, 2.75) is 13.0 Å². The van der Waals surface area contributed by atoms with Crippen LogP contribution in [0.5, 0.6) is 0 Å². The van der Waals surface area contributed by atoms with Gasteiger partial charge >= 0.3 is 0 Å². The van der Waals surface area contributed by atoms with E-state index in [4.69, 9.17) is 9.47 Å². The SMILES string of the molecule is COCCN(Cc1cnn(C)c1)C[C@H]1CCOC1. The van der Waals surface area contributed by atoms with Gasteiger partial charge in [0.05, 0.1) is 19.4 Å². The number of rotatable bonds is 7. The standard InChI is InChI=1S/C13H23N3O2/c1-15-8-13(7-14-15)10-16(4-6-17-2)9-12-3-5-18-11-12/h7-8,12H,3-6,9-11H2,1-2H3/t12-/m1/s1. The molecule has 0 saturated carbocycles. The summed E-state index contributed by atoms with van der Waals surface area (Å²) in [6, 6.07) is 0. The van der Waals surface area contributed by atoms with Gasteiger partial charge < -0.3 is 9.47 Å². The van der Waals surface area contributed by atoms with Crippen molar-refractivity contribution >= 4 is 0 Å². The molecule has 0 aromatic carbocycles. The average molecular weight is 253 g/mol. The first-order valence-corrected chi connectivity index (χ1v) is 6.54. The fourth-order valence-corrected chi connectivity index (χ4v) is 2.36. The zero-order valence-corrected chi connectivity index (χ0v) is 11.3. The molecule has 1 fully saturated rings. The van der Waals surface area contributed by atoms with Gasteiger partial charge in [0.15, 0.2) is 0 Å². The smallest absolute Gasteiger partial charge is 0.0589 e. The predicted octanol–water partition coefficient (Wildman–Crippen LogP) is 0.905. The van der Waals surface area contributed by atoms with Gasteiger partial charge in [0.1, 0.15) is 0 Å². The molecule has 102 valence electrons. The number of methoxy groups -OCH3 is 1. The van der Waals surface area contributed by atoms with Crippen molar-refractivity contribution in [3.63, 3.8) is 0 Å². The average Bonchev–Trinajstić information content (AvgIpc) is 2.98. The van der Waals surface area contributed by atoms with E-state index in [-0.39, 0.29) is 0 Å². The van der Waals surface area contributed by atoms with Crippen molar-refractivity contribution in [2.24, 2.45) is 13.0 Å². The summed E-state index contributed by atoms with van der Waals surface area (Å²) in [5.74, 6) is 0.665. The molecule has 0 N–H and O–H groups in total. The molecule has 0 radical (unpaired) electrons. The van der Waals surface area contributed by atoms with E-state index in [1.165, 1.54) is 12.0 Å². The molecule has 1 aromatic rings. The molecule has 0 aliphatic carbocycles. The molecular weight excluding hydrogens is 230 g/mol. The van der Waals surface area contributed by atoms with Crippen LogP contribution in [0.1, 0.15) is 12.0 Å². The molecule has 1 saturated heterocycles. The molecule has 5 heteroatoms. The van der Waals surface area contributed by atoms with Crippen LogP contribution < -0.4 is 0 Å². The van der Waals surface area contributed by atoms with E-state index in [9.17, 15) is 0 Å². The third kappa shape index (κ3) is 4.08. The molecular formula is C13H23N3O2. The molecule has 1 aromatic heterocycles. The summed E-state index contributed by atoms with van der Waals surface area (Å²) >= 11 is 0. The van der Waals surface area contributed by atoms with Gasteiger partial charge in [-0.2, -0.15) is 5.10 Å². The Balaban J connectivity index is 1.86. The fourth-order valence-electron chi connectivity index (χ4n) is 2.36. The van der Waals surface area contributed by atoms with E-state index >= 15 is 0 Å². The van der Waals surface area contributed by atoms with Crippen LogP contribution in [-0.4, -0.2) is 54.7 Å². The molecule has 18 heavy (non-hydrogen) atoms. The molecule has 5 nitrogen and oxygen atoms in total. The van der Waals surface area contributed by atoms with Crippen molar-refractivity contribution in [3.05, 3.63) is 18.0 Å². The van der Waals surface area contributed by atoms with Gasteiger partial charge in [0.25, 0.3) is 0 Å². The van der Waals surface area contributed by atoms with Crippen LogP contribution in [0.4, 0.5) is 0 Å². The topological polar surface area (TPSA) is 39.5 Å². The van der Waals surface area contributed by atoms with Gasteiger partial charge in [-0.3, -0.25) is 9.58 Å². The monoisotopic (exact) mass is 253 g/mol. The molecule has 2 heterocycles. The van der Waals surface area contributed by atoms with Crippen LogP contribution in [0.15, 0.2) is 12.4 Å². The lowest BCUT2D eigenvalue weighted by atomic mass is 10.1. The molecule has 0 unspecified atom stereocenters. The van der Waals surface area contributed by atoms with E-state index in [2.05, 4.69) is 16.2 Å². The third-order valence-corrected chi connectivity index (χ3v) is 3.32. The normalized spacial score (nSPS) is 19.8. The Hall–Kier alpha value is -0.910. The highest BCUT2D eigenvalue weighted by atomic mass is 16.5. The van der Waals surface area contributed by atoms with Crippen LogP contribution in [-0.2, 0) is 23.1 Å². The van der Waals surface area contributed by atoms with E-state index in [0.717, 1.165) is 39.5 Å². The van der Waals surface area contributed by atoms with Gasteiger partial charge in [0, 0.05) is 52.2 Å². The maximum atomic E-state index is 5.44. The molecule has 1 atom stereocenters. The summed E-state index contributed by atoms with van der Waals surface area (Å²) in [4.78, 5) is 2.43. The maximum absolute atomic E-state index is 5.44. The van der Waals surface area contributed by atoms with E-state index in [0.29, 0.717) is 5.92 Å². The third-order valence-electron chi connectivity index (χ3n) is 3.32. The summed E-state index contributed by atoms with van der Waals surface area (Å²) < 4.78 is 12.5. The van der Waals surface area contributed by atoms with E-state index < -0.39 is 0 Å². The molecule has 0 spiro atoms. The Morgan fingerprint density at radius 2 is 2.50 bits per heavy atom. The minimum Gasteiger partial charge on any atom is -0.383 e. The first-order valence-electron chi connectivity index (χ1n) is 6.54. The molecule has 0 amide bonds. The largest absolute Gasteiger partial charge is 0.383 e. The Bertz CT molecular complexity index is 348. The lowest BCUT2D eigenvalue weighted by Gasteiger charge is -2.24. The Morgan fingerprint density at radius 1 is 1.61 bits per heavy atom. The van der Waals surface area contributed by atoms with Crippen molar-refractivity contribution < 1.29 is 9.47 Å². The number of hydrogen-bond acceptors (Lipinski definition) is 4. The van der Waals surface area contributed by atoms with Gasteiger partial charge in [-0.1, -0.05) is 0 Å². The van der Waals surface area contributed by atoms with Crippen molar-refractivity contribution in [2.75, 3.05) is 40.0 Å². The van der Waals surface area contributed by atoms with Crippen LogP contribution in [0.2, 0.25) is 0 Å². The van der Waals surface area contributed by atoms with Gasteiger partial charge in [-0.25, -0.2) is 0 Å². The molecule has 1 aliphatic rings. The second kappa shape index (κ2) is 6.87. The van der Waals surface area contributed by atoms with Crippen LogP contribution in [0.3, 0.4) is 0 Å². The van der Waals surface area contributed by atoms with Crippen molar-refractivity contribution in [3.8, 4) is 0 Å². The summed E-state index contributed by atoms with van der Waals surface area (Å²) in [6.07, 6.45) is 5.19. The van der Waals surface area contributed by atoms with Gasteiger partial charge in [-0.15, -0.1) is 0 Å². The molecule has 1 aliphatic heterocycles. The van der Waals surface area contributed by atoms with Gasteiger partial charge in [0.2, 0.25) is 0 Å². The minimum absolute atomic E-state index is 0.665. The zero-order chi connectivity index (χ0) is 12.8. The summed E-state index contributed by atoms with van der Waals surface area (Å²) in [7, 11) is 3.70. The van der Waals surface area contributed by atoms with Crippen LogP contribution in [0, 0.1) is 5.92 Å². The number of aryl methyl sites for hydroxylation is 1. The first-order chi connectivity index (χ1) is 8.78. The van der Waals surface area contributed by atoms with Gasteiger partial charge in [-0.05, 0) is 12.3 Å². The number of nitrogens with zero attached hydrogens (tertiary/aromatic N) is 3. The van der Waals surface area contributed by atoms with Crippen molar-refractivity contribution in [1.29, 1.82) is 0 Å². The van der Waals surface area contributed by atoms with Crippen LogP contribution in [0.25, 0.3) is 0 Å². The highest BCUT2D eigenvalue weighted by Gasteiger charge is 2.19. The minimum atomic E-state index is 0.665. The van der Waals surface area contributed by atoms with E-state index in [1.807, 2.05) is 17.9 Å².